The Hall–Kier alpha value is -3.14. The molecular weight excluding hydrogens is 427 g/mol. The number of aryl methyl sites for hydroxylation is 1. The van der Waals surface area contributed by atoms with Crippen LogP contribution in [0.25, 0.3) is 11.4 Å². The minimum atomic E-state index is -4.60. The molecule has 31 heavy (non-hydrogen) atoms. The summed E-state index contributed by atoms with van der Waals surface area (Å²) in [6, 6.07) is 11.4. The molecule has 10 heteroatoms. The zero-order chi connectivity index (χ0) is 22.8. The lowest BCUT2D eigenvalue weighted by Gasteiger charge is -2.18. The number of rotatable bonds is 6. The first-order valence-corrected chi connectivity index (χ1v) is 9.88. The summed E-state index contributed by atoms with van der Waals surface area (Å²) >= 11 is 5.25. The number of alkyl halides is 3. The quantitative estimate of drug-likeness (QED) is 0.518. The van der Waals surface area contributed by atoms with Gasteiger partial charge in [0.2, 0.25) is 5.91 Å². The van der Waals surface area contributed by atoms with Gasteiger partial charge in [-0.15, -0.1) is 0 Å². The Morgan fingerprint density at radius 3 is 2.48 bits per heavy atom. The van der Waals surface area contributed by atoms with E-state index in [1.807, 2.05) is 31.2 Å². The van der Waals surface area contributed by atoms with Crippen LogP contribution in [0.3, 0.4) is 0 Å². The number of benzene rings is 2. The standard InChI is InChI=1S/C21H22F3N5OS/c1-13-4-6-14(7-5-13)19-26-27-20(31)29(19)11-10-18(30)25-17-9-8-15(28(2)3)12-16(17)21(22,23)24/h4-9,12H,10-11H2,1-3H3,(H,25,30)(H,27,31). The maximum atomic E-state index is 13.5. The number of nitrogens with one attached hydrogen (secondary N) is 2. The van der Waals surface area contributed by atoms with Crippen molar-refractivity contribution in [2.45, 2.75) is 26.1 Å². The number of hydrogen-bond acceptors (Lipinski definition) is 4. The number of nitrogens with zero attached hydrogens (tertiary/aromatic N) is 3. The Morgan fingerprint density at radius 1 is 1.19 bits per heavy atom. The van der Waals surface area contributed by atoms with Crippen molar-refractivity contribution in [1.29, 1.82) is 0 Å². The molecule has 1 amide bonds. The first-order valence-electron chi connectivity index (χ1n) is 9.47. The monoisotopic (exact) mass is 449 g/mol. The van der Waals surface area contributed by atoms with Crippen molar-refractivity contribution in [1.82, 2.24) is 14.8 Å². The highest BCUT2D eigenvalue weighted by molar-refractivity contribution is 7.71. The molecule has 1 aromatic heterocycles. The number of amides is 1. The number of anilines is 2. The maximum Gasteiger partial charge on any atom is 0.418 e. The lowest BCUT2D eigenvalue weighted by atomic mass is 10.1. The fourth-order valence-corrected chi connectivity index (χ4v) is 3.25. The molecule has 6 nitrogen and oxygen atoms in total. The van der Waals surface area contributed by atoms with Gasteiger partial charge in [-0.25, -0.2) is 0 Å². The van der Waals surface area contributed by atoms with Gasteiger partial charge >= 0.3 is 6.18 Å². The Morgan fingerprint density at radius 2 is 1.87 bits per heavy atom. The van der Waals surface area contributed by atoms with Crippen LogP contribution in [-0.2, 0) is 17.5 Å². The van der Waals surface area contributed by atoms with Crippen LogP contribution in [0.2, 0.25) is 0 Å². The number of aromatic amines is 1. The van der Waals surface area contributed by atoms with Gasteiger partial charge in [0.15, 0.2) is 10.6 Å². The Labute approximate surface area is 182 Å². The van der Waals surface area contributed by atoms with Gasteiger partial charge in [-0.05, 0) is 37.3 Å². The van der Waals surface area contributed by atoms with Crippen LogP contribution in [0.15, 0.2) is 42.5 Å². The molecule has 0 saturated carbocycles. The van der Waals surface area contributed by atoms with E-state index in [0.29, 0.717) is 16.3 Å². The van der Waals surface area contributed by atoms with E-state index in [2.05, 4.69) is 15.5 Å². The van der Waals surface area contributed by atoms with Gasteiger partial charge in [-0.1, -0.05) is 29.8 Å². The Balaban J connectivity index is 1.77. The summed E-state index contributed by atoms with van der Waals surface area (Å²) in [5.74, 6) is 0.00479. The lowest BCUT2D eigenvalue weighted by Crippen LogP contribution is -2.19. The van der Waals surface area contributed by atoms with Crippen molar-refractivity contribution in [3.63, 3.8) is 0 Å². The second-order valence-corrected chi connectivity index (χ2v) is 7.68. The van der Waals surface area contributed by atoms with Crippen molar-refractivity contribution < 1.29 is 18.0 Å². The SMILES string of the molecule is Cc1ccc(-c2n[nH]c(=S)n2CCC(=O)Nc2ccc(N(C)C)cc2C(F)(F)F)cc1. The first-order chi connectivity index (χ1) is 14.6. The summed E-state index contributed by atoms with van der Waals surface area (Å²) in [5.41, 5.74) is 1.12. The predicted octanol–water partition coefficient (Wildman–Crippen LogP) is 5.03. The summed E-state index contributed by atoms with van der Waals surface area (Å²) < 4.78 is 42.4. The van der Waals surface area contributed by atoms with E-state index in [1.165, 1.54) is 12.1 Å². The van der Waals surface area contributed by atoms with Crippen LogP contribution in [0.1, 0.15) is 17.5 Å². The van der Waals surface area contributed by atoms with E-state index in [-0.39, 0.29) is 18.7 Å². The maximum absolute atomic E-state index is 13.5. The molecule has 0 aliphatic heterocycles. The summed E-state index contributed by atoms with van der Waals surface area (Å²) in [6.07, 6.45) is -4.67. The molecule has 3 aromatic rings. The molecule has 0 bridgehead atoms. The fourth-order valence-electron chi connectivity index (χ4n) is 3.03. The highest BCUT2D eigenvalue weighted by Crippen LogP contribution is 2.37. The minimum absolute atomic E-state index is 0.0700. The van der Waals surface area contributed by atoms with E-state index in [4.69, 9.17) is 12.2 Å². The largest absolute Gasteiger partial charge is 0.418 e. The number of hydrogen-bond donors (Lipinski definition) is 2. The van der Waals surface area contributed by atoms with E-state index >= 15 is 0 Å². The second kappa shape index (κ2) is 8.93. The summed E-state index contributed by atoms with van der Waals surface area (Å²) in [7, 11) is 3.29. The predicted molar refractivity (Wildman–Crippen MR) is 117 cm³/mol. The molecular formula is C21H22F3N5OS. The molecule has 2 aromatic carbocycles. The van der Waals surface area contributed by atoms with Crippen molar-refractivity contribution in [3.8, 4) is 11.4 Å². The number of carbonyl (C=O) groups excluding carboxylic acids is 1. The molecule has 2 N–H and O–H groups in total. The van der Waals surface area contributed by atoms with Gasteiger partial charge in [-0.2, -0.15) is 18.3 Å². The zero-order valence-electron chi connectivity index (χ0n) is 17.2. The third-order valence-corrected chi connectivity index (χ3v) is 5.04. The highest BCUT2D eigenvalue weighted by atomic mass is 32.1. The molecule has 0 saturated heterocycles. The molecule has 0 fully saturated rings. The third-order valence-electron chi connectivity index (χ3n) is 4.73. The zero-order valence-corrected chi connectivity index (χ0v) is 18.1. The van der Waals surface area contributed by atoms with Gasteiger partial charge in [-0.3, -0.25) is 14.5 Å². The molecule has 1 heterocycles. The third kappa shape index (κ3) is 5.32. The average molecular weight is 450 g/mol. The van der Waals surface area contributed by atoms with Gasteiger partial charge in [0, 0.05) is 38.3 Å². The summed E-state index contributed by atoms with van der Waals surface area (Å²) in [5, 5.41) is 9.29. The van der Waals surface area contributed by atoms with Crippen molar-refractivity contribution >= 4 is 29.5 Å². The van der Waals surface area contributed by atoms with Gasteiger partial charge in [0.05, 0.1) is 11.3 Å². The van der Waals surface area contributed by atoms with Crippen LogP contribution in [-0.4, -0.2) is 34.8 Å². The van der Waals surface area contributed by atoms with Gasteiger partial charge in [0.1, 0.15) is 0 Å². The fraction of sp³-hybridized carbons (Fsp3) is 0.286. The summed E-state index contributed by atoms with van der Waals surface area (Å²) in [6.45, 7) is 2.13. The topological polar surface area (TPSA) is 66.0 Å². The molecule has 0 unspecified atom stereocenters. The number of H-pyrrole nitrogens is 1. The van der Waals surface area contributed by atoms with E-state index in [9.17, 15) is 18.0 Å². The number of carbonyl (C=O) groups is 1. The highest BCUT2D eigenvalue weighted by Gasteiger charge is 2.34. The van der Waals surface area contributed by atoms with Gasteiger partial charge < -0.3 is 10.2 Å². The van der Waals surface area contributed by atoms with E-state index in [1.54, 1.807) is 23.6 Å². The van der Waals surface area contributed by atoms with Crippen molar-refractivity contribution in [2.24, 2.45) is 0 Å². The number of aromatic nitrogens is 3. The molecule has 0 aliphatic rings. The van der Waals surface area contributed by atoms with Crippen LogP contribution < -0.4 is 10.2 Å². The molecule has 0 spiro atoms. The second-order valence-electron chi connectivity index (χ2n) is 7.29. The smallest absolute Gasteiger partial charge is 0.378 e. The Kier molecular flexibility index (Phi) is 6.49. The van der Waals surface area contributed by atoms with Crippen LogP contribution >= 0.6 is 12.2 Å². The minimum Gasteiger partial charge on any atom is -0.378 e. The van der Waals surface area contributed by atoms with Crippen LogP contribution in [0, 0.1) is 11.7 Å². The summed E-state index contributed by atoms with van der Waals surface area (Å²) in [4.78, 5) is 14.0. The van der Waals surface area contributed by atoms with Crippen molar-refractivity contribution in [2.75, 3.05) is 24.3 Å². The molecule has 0 radical (unpaired) electrons. The Bertz CT molecular complexity index is 1130. The van der Waals surface area contributed by atoms with Crippen molar-refractivity contribution in [3.05, 3.63) is 58.4 Å². The average Bonchev–Trinajstić information content (AvgIpc) is 3.06. The molecule has 0 aliphatic carbocycles. The molecule has 164 valence electrons. The van der Waals surface area contributed by atoms with Crippen LogP contribution in [0.4, 0.5) is 24.5 Å². The first kappa shape index (κ1) is 22.5. The van der Waals surface area contributed by atoms with E-state index in [0.717, 1.165) is 17.2 Å². The normalized spacial score (nSPS) is 11.4. The van der Waals surface area contributed by atoms with Crippen LogP contribution in [0.5, 0.6) is 0 Å². The number of halogens is 3. The molecule has 3 rings (SSSR count). The van der Waals surface area contributed by atoms with Gasteiger partial charge in [0.25, 0.3) is 0 Å². The van der Waals surface area contributed by atoms with E-state index < -0.39 is 17.6 Å². The lowest BCUT2D eigenvalue weighted by molar-refractivity contribution is -0.136. The molecule has 0 atom stereocenters.